The summed E-state index contributed by atoms with van der Waals surface area (Å²) < 4.78 is 132. The van der Waals surface area contributed by atoms with Crippen molar-refractivity contribution < 1.29 is 118 Å². The number of nitrogens with one attached hydrogen (secondary N) is 4. The van der Waals surface area contributed by atoms with Gasteiger partial charge in [-0.1, -0.05) is 135 Å². The Hall–Kier alpha value is -10.3. The zero-order valence-corrected chi connectivity index (χ0v) is 82.1. The number of carbonyl (C=O) groups excluding carboxylic acids is 8. The number of aliphatic hydroxyl groups is 2. The minimum atomic E-state index is -4.31. The third-order valence-electron chi connectivity index (χ3n) is 19.5. The van der Waals surface area contributed by atoms with E-state index in [-0.39, 0.29) is 56.5 Å². The SMILES string of the molecule is C[C@H](NP(=O)(N[C@@H](C)C(=O)OCc1ccccc1)OC[C@H]1S[C@@H](n2ccc(N)nc2=O)[C@@H](F)[C@@H]1O)C(=O)OCc1ccccc1.C[C@H]1[C@H](F)[C@H](n2ccc(N(C(=O)OC(C)(C)C)C(=O)OC(C)(C)C)nc2=O)S[C@@H]1CO.C[C@H]1[C@H](F)[C@H](n2ccc(N(C(=O)OC(C)(C)C)C(=O)OC(C)(C)C)nc2=O)S[C@@H]1COP(=O)(N[C@@H](C)C(=O)OCc1ccccc1)N[C@@H](C)C(=O)OCc1ccccc1. The maximum atomic E-state index is 16.0. The molecule has 0 bridgehead atoms. The molecule has 3 aromatic heterocycles. The van der Waals surface area contributed by atoms with Crippen LogP contribution in [0.5, 0.6) is 0 Å². The van der Waals surface area contributed by atoms with Gasteiger partial charge in [0.05, 0.1) is 25.1 Å². The highest BCUT2D eigenvalue weighted by atomic mass is 32.2. The van der Waals surface area contributed by atoms with Crippen LogP contribution in [0.2, 0.25) is 0 Å². The Bertz CT molecular complexity index is 5290. The number of alkyl halides is 3. The molecule has 8 N–H and O–H groups in total. The Morgan fingerprint density at radius 3 is 0.956 bits per heavy atom. The first-order valence-corrected chi connectivity index (χ1v) is 48.9. The molecule has 4 amide bonds. The lowest BCUT2D eigenvalue weighted by molar-refractivity contribution is -0.147. The first-order chi connectivity index (χ1) is 63.1. The van der Waals surface area contributed by atoms with E-state index in [1.807, 2.05) is 24.3 Å². The third-order valence-corrected chi connectivity index (χ3v) is 28.3. The number of anilines is 3. The lowest BCUT2D eigenvalue weighted by Gasteiger charge is -2.28. The minimum absolute atomic E-state index is 0.0317. The second kappa shape index (κ2) is 48.6. The molecule has 135 heavy (non-hydrogen) atoms. The van der Waals surface area contributed by atoms with Gasteiger partial charge in [0.15, 0.2) is 17.8 Å². The summed E-state index contributed by atoms with van der Waals surface area (Å²) in [6.07, 6.45) is -7.18. The number of nitrogens with two attached hydrogens (primary N) is 1. The molecule has 10 rings (SSSR count). The first kappa shape index (κ1) is 110. The fourth-order valence-electron chi connectivity index (χ4n) is 12.6. The number of imide groups is 2. The van der Waals surface area contributed by atoms with Gasteiger partial charge in [-0.3, -0.25) is 42.0 Å². The van der Waals surface area contributed by atoms with Crippen molar-refractivity contribution in [2.75, 3.05) is 35.4 Å². The number of nitrogen functional groups attached to an aromatic ring is 1. The molecular weight excluding hydrogens is 1870 g/mol. The van der Waals surface area contributed by atoms with Crippen molar-refractivity contribution in [3.05, 3.63) is 212 Å². The molecule has 16 atom stereocenters. The molecule has 0 aliphatic carbocycles. The van der Waals surface area contributed by atoms with Gasteiger partial charge in [0.1, 0.15) is 113 Å². The summed E-state index contributed by atoms with van der Waals surface area (Å²) in [5.74, 6) is -4.96. The summed E-state index contributed by atoms with van der Waals surface area (Å²) in [7, 11) is -8.59. The van der Waals surface area contributed by atoms with Crippen LogP contribution in [0.4, 0.5) is 49.8 Å². The van der Waals surface area contributed by atoms with E-state index in [2.05, 4.69) is 35.3 Å². The number of aliphatic hydroxyl groups excluding tert-OH is 2. The molecule has 0 spiro atoms. The largest absolute Gasteiger partial charge is 0.460 e. The number of aromatic nitrogens is 6. The van der Waals surface area contributed by atoms with Crippen LogP contribution in [0.25, 0.3) is 0 Å². The van der Waals surface area contributed by atoms with E-state index in [0.717, 1.165) is 71.2 Å². The van der Waals surface area contributed by atoms with Crippen LogP contribution in [0.1, 0.15) is 163 Å². The number of rotatable bonds is 32. The van der Waals surface area contributed by atoms with Crippen LogP contribution in [-0.2, 0) is 102 Å². The van der Waals surface area contributed by atoms with Crippen molar-refractivity contribution in [1.29, 1.82) is 0 Å². The standard InChI is InChI=1S/C40H53FN5O11PS.C29H35FN5O8PS.C20H30FN3O6S/c1-25-30(59-33(32(25)41)45-21-20-31(42-36(45)49)46(37(50)56-39(4,5)6)38(51)57-40(7,8)9)24-55-58(52,43-26(2)34(47)53-22-28-16-12-10-13-17-28)44-27(3)35(48)54-23-29-18-14-11-15-19-29;1-18(27(37)41-15-20-9-5-3-6-10-20)33-44(40,34-19(2)28(38)42-16-21-11-7-4-8-12-21)43-17-22-25(36)24(30)26(45-22)35-14-13-23(31)32-29(35)39;1-11-12(10-25)31-15(14(11)21)23-9-8-13(22-16(23)26)24(17(27)29-19(2,3)4)18(28)30-20(5,6)7/h10-21,25-27,30,32-33H,22-24H2,1-9H3,(H2,43,44,52);3-14,18-19,22,24-26,36H,15-17H2,1-2H3,(H2,31,32,39)(H2,33,34,40);8-9,11-12,14-15,25H,10H2,1-7H3/t25-,26+,27+,30-,32+,33-;18-,19-,22+,24-,25+,26+;11-,12-,14+,15-/m101/s1. The fraction of sp³-hybridized carbons (Fsp3) is 0.506. The summed E-state index contributed by atoms with van der Waals surface area (Å²) in [5, 5.41) is 25.2. The monoisotopic (exact) mass is 1980 g/mol. The van der Waals surface area contributed by atoms with Crippen molar-refractivity contribution in [2.24, 2.45) is 11.8 Å². The molecule has 3 aliphatic rings. The van der Waals surface area contributed by atoms with E-state index in [1.165, 1.54) is 64.5 Å². The number of thioether (sulfide) groups is 3. The summed E-state index contributed by atoms with van der Waals surface area (Å²) in [4.78, 5) is 154. The Kier molecular flexibility index (Phi) is 39.6. The smallest absolute Gasteiger partial charge is 0.425 e. The van der Waals surface area contributed by atoms with E-state index in [1.54, 1.807) is 194 Å². The number of amides is 4. The average molecular weight is 1990 g/mol. The molecule has 6 heterocycles. The van der Waals surface area contributed by atoms with Gasteiger partial charge >= 0.3 is 80.7 Å². The second-order valence-corrected chi connectivity index (χ2v) is 43.3. The van der Waals surface area contributed by atoms with Crippen molar-refractivity contribution >= 4 is 116 Å². The molecule has 0 unspecified atom stereocenters. The van der Waals surface area contributed by atoms with E-state index < -0.39 is 203 Å². The molecule has 4 aromatic carbocycles. The van der Waals surface area contributed by atoms with Crippen molar-refractivity contribution in [2.45, 2.75) is 254 Å². The van der Waals surface area contributed by atoms with Crippen molar-refractivity contribution in [1.82, 2.24) is 49.0 Å². The second-order valence-electron chi connectivity index (χ2n) is 35.5. The predicted molar refractivity (Wildman–Crippen MR) is 500 cm³/mol. The van der Waals surface area contributed by atoms with Gasteiger partial charge < -0.3 is 62.9 Å². The molecule has 3 fully saturated rings. The maximum Gasteiger partial charge on any atom is 0.425 e. The molecule has 3 aliphatic heterocycles. The molecule has 0 saturated carbocycles. The molecule has 7 aromatic rings. The number of halogens is 3. The number of benzene rings is 4. The Balaban J connectivity index is 0.000000261. The number of ether oxygens (including phenoxy) is 8. The highest BCUT2D eigenvalue weighted by Gasteiger charge is 2.50. The van der Waals surface area contributed by atoms with Crippen LogP contribution >= 0.6 is 50.6 Å². The Labute approximate surface area is 791 Å². The van der Waals surface area contributed by atoms with Gasteiger partial charge in [0, 0.05) is 40.9 Å². The third kappa shape index (κ3) is 33.2. The van der Waals surface area contributed by atoms with E-state index >= 15 is 8.78 Å². The number of hydrogen-bond donors (Lipinski definition) is 7. The predicted octanol–water partition coefficient (Wildman–Crippen LogP) is 13.3. The summed E-state index contributed by atoms with van der Waals surface area (Å²) in [6.45, 7) is 27.0. The topological polar surface area (TPSA) is 489 Å². The fourth-order valence-corrected chi connectivity index (χ4v) is 21.0. The summed E-state index contributed by atoms with van der Waals surface area (Å²) >= 11 is 3.02. The average Bonchev–Trinajstić information content (AvgIpc) is 1.81. The number of nitrogens with zero attached hydrogens (tertiary/aromatic N) is 8. The minimum Gasteiger partial charge on any atom is -0.460 e. The maximum absolute atomic E-state index is 16.0. The molecule has 38 nitrogen and oxygen atoms in total. The first-order valence-electron chi connectivity index (χ1n) is 42.8. The van der Waals surface area contributed by atoms with Crippen LogP contribution in [0, 0.1) is 11.8 Å². The normalized spacial score (nSPS) is 21.0. The Morgan fingerprint density at radius 1 is 0.422 bits per heavy atom. The lowest BCUT2D eigenvalue weighted by Crippen LogP contribution is -2.45. The van der Waals surface area contributed by atoms with Gasteiger partial charge in [-0.15, -0.1) is 35.3 Å². The van der Waals surface area contributed by atoms with Gasteiger partial charge in [-0.25, -0.2) is 67.1 Å². The molecule has 738 valence electrons. The molecule has 3 saturated heterocycles. The zero-order valence-electron chi connectivity index (χ0n) is 77.9. The highest BCUT2D eigenvalue weighted by Crippen LogP contribution is 2.51. The van der Waals surface area contributed by atoms with Gasteiger partial charge in [0.2, 0.25) is 0 Å². The van der Waals surface area contributed by atoms with E-state index in [9.17, 15) is 76.5 Å². The number of carbonyl (C=O) groups is 8. The van der Waals surface area contributed by atoms with Crippen LogP contribution in [-0.4, -0.2) is 194 Å². The number of esters is 4. The van der Waals surface area contributed by atoms with Crippen LogP contribution in [0.3, 0.4) is 0 Å². The van der Waals surface area contributed by atoms with Crippen LogP contribution < -0.4 is 53.0 Å². The lowest BCUT2D eigenvalue weighted by atomic mass is 10.0. The summed E-state index contributed by atoms with van der Waals surface area (Å²) in [6, 6.07) is 34.8. The van der Waals surface area contributed by atoms with Crippen molar-refractivity contribution in [3.63, 3.8) is 0 Å². The molecule has 46 heteroatoms. The molecular formula is C89H118F3N13O25P2S3. The van der Waals surface area contributed by atoms with E-state index in [4.69, 9.17) is 52.7 Å². The van der Waals surface area contributed by atoms with Gasteiger partial charge in [0.25, 0.3) is 0 Å². The number of hydrogen-bond acceptors (Lipinski definition) is 32. The van der Waals surface area contributed by atoms with Crippen molar-refractivity contribution in [3.8, 4) is 0 Å². The molecule has 0 radical (unpaired) electrons. The quantitative estimate of drug-likeness (QED) is 0.0117. The van der Waals surface area contributed by atoms with Gasteiger partial charge in [-0.2, -0.15) is 24.8 Å². The van der Waals surface area contributed by atoms with E-state index in [0.29, 0.717) is 9.80 Å². The Morgan fingerprint density at radius 2 is 0.681 bits per heavy atom. The highest BCUT2D eigenvalue weighted by molar-refractivity contribution is 8.00. The van der Waals surface area contributed by atoms with Crippen LogP contribution in [0.15, 0.2) is 173 Å². The van der Waals surface area contributed by atoms with Gasteiger partial charge in [-0.05, 0) is 151 Å². The summed E-state index contributed by atoms with van der Waals surface area (Å²) in [5.41, 5.74) is 1.99. The zero-order chi connectivity index (χ0) is 100.0.